The van der Waals surface area contributed by atoms with E-state index in [-0.39, 0.29) is 6.61 Å². The normalized spacial score (nSPS) is 17.3. The molecule has 1 saturated heterocycles. The predicted octanol–water partition coefficient (Wildman–Crippen LogP) is 0.512. The minimum Gasteiger partial charge on any atom is -0.493 e. The molecule has 0 aromatic heterocycles. The van der Waals surface area contributed by atoms with Crippen LogP contribution in [0, 0.1) is 0 Å². The van der Waals surface area contributed by atoms with Gasteiger partial charge in [-0.05, 0) is 31.4 Å². The van der Waals surface area contributed by atoms with Crippen LogP contribution in [0.2, 0.25) is 0 Å². The third-order valence-electron chi connectivity index (χ3n) is 3.89. The summed E-state index contributed by atoms with van der Waals surface area (Å²) in [6, 6.07) is 5.49. The van der Waals surface area contributed by atoms with E-state index in [1.54, 1.807) is 14.2 Å². The standard InChI is InChI=1S/C16H25NO4/c1-19-14-7-6-8-15(20-2)16(14)21-12-13(18)11-17-9-4-3-5-10-17/h6-8,13,18H,3-5,9-12H2,1-2H3/p+1. The third kappa shape index (κ3) is 4.51. The van der Waals surface area contributed by atoms with Crippen LogP contribution in [-0.4, -0.2) is 51.7 Å². The number of rotatable bonds is 7. The van der Waals surface area contributed by atoms with Gasteiger partial charge in [-0.1, -0.05) is 6.07 Å². The molecule has 1 aromatic carbocycles. The van der Waals surface area contributed by atoms with Crippen molar-refractivity contribution in [3.8, 4) is 17.2 Å². The molecule has 21 heavy (non-hydrogen) atoms. The van der Waals surface area contributed by atoms with E-state index in [0.717, 1.165) is 19.6 Å². The molecule has 1 aliphatic heterocycles. The molecule has 0 aliphatic carbocycles. The number of likely N-dealkylation sites (tertiary alicyclic amines) is 1. The van der Waals surface area contributed by atoms with Crippen LogP contribution in [0.3, 0.4) is 0 Å². The lowest BCUT2D eigenvalue weighted by Crippen LogP contribution is -3.14. The van der Waals surface area contributed by atoms with E-state index >= 15 is 0 Å². The van der Waals surface area contributed by atoms with Gasteiger partial charge in [0.15, 0.2) is 11.5 Å². The maximum absolute atomic E-state index is 10.2. The van der Waals surface area contributed by atoms with Gasteiger partial charge in [0.1, 0.15) is 19.3 Å². The Hall–Kier alpha value is -1.46. The first kappa shape index (κ1) is 15.9. The number of ether oxygens (including phenoxy) is 3. The number of para-hydroxylation sites is 1. The first-order valence-electron chi connectivity index (χ1n) is 7.60. The van der Waals surface area contributed by atoms with E-state index in [2.05, 4.69) is 0 Å². The minimum absolute atomic E-state index is 0.250. The van der Waals surface area contributed by atoms with Crippen LogP contribution in [-0.2, 0) is 0 Å². The molecule has 5 heteroatoms. The molecule has 2 rings (SSSR count). The Morgan fingerprint density at radius 2 is 1.71 bits per heavy atom. The van der Waals surface area contributed by atoms with E-state index in [0.29, 0.717) is 17.2 Å². The summed E-state index contributed by atoms with van der Waals surface area (Å²) < 4.78 is 16.3. The van der Waals surface area contributed by atoms with Gasteiger partial charge in [0.05, 0.1) is 27.3 Å². The average molecular weight is 296 g/mol. The first-order chi connectivity index (χ1) is 10.2. The molecular formula is C16H26NO4+. The Labute approximate surface area is 126 Å². The van der Waals surface area contributed by atoms with Crippen LogP contribution in [0.25, 0.3) is 0 Å². The zero-order valence-electron chi connectivity index (χ0n) is 12.9. The van der Waals surface area contributed by atoms with Crippen molar-refractivity contribution >= 4 is 0 Å². The molecule has 1 unspecified atom stereocenters. The molecule has 1 aliphatic rings. The third-order valence-corrected chi connectivity index (χ3v) is 3.89. The smallest absolute Gasteiger partial charge is 0.203 e. The summed E-state index contributed by atoms with van der Waals surface area (Å²) in [5.74, 6) is 1.79. The van der Waals surface area contributed by atoms with Crippen molar-refractivity contribution in [3.05, 3.63) is 18.2 Å². The molecule has 0 bridgehead atoms. The van der Waals surface area contributed by atoms with Crippen LogP contribution >= 0.6 is 0 Å². The topological polar surface area (TPSA) is 52.4 Å². The van der Waals surface area contributed by atoms with E-state index in [1.165, 1.54) is 24.2 Å². The fourth-order valence-corrected chi connectivity index (χ4v) is 2.79. The zero-order chi connectivity index (χ0) is 15.1. The molecule has 1 atom stereocenters. The van der Waals surface area contributed by atoms with Crippen molar-refractivity contribution in [3.63, 3.8) is 0 Å². The number of benzene rings is 1. The second-order valence-corrected chi connectivity index (χ2v) is 5.47. The molecule has 1 aromatic rings. The predicted molar refractivity (Wildman–Crippen MR) is 80.5 cm³/mol. The van der Waals surface area contributed by atoms with Crippen LogP contribution in [0.15, 0.2) is 18.2 Å². The molecule has 0 saturated carbocycles. The monoisotopic (exact) mass is 296 g/mol. The summed E-state index contributed by atoms with van der Waals surface area (Å²) in [5, 5.41) is 10.2. The summed E-state index contributed by atoms with van der Waals surface area (Å²) in [6.45, 7) is 3.28. The molecule has 1 heterocycles. The molecule has 0 radical (unpaired) electrons. The Morgan fingerprint density at radius 1 is 1.10 bits per heavy atom. The van der Waals surface area contributed by atoms with Crippen LogP contribution in [0.4, 0.5) is 0 Å². The summed E-state index contributed by atoms with van der Waals surface area (Å²) in [6.07, 6.45) is 3.34. The second kappa shape index (κ2) is 8.10. The average Bonchev–Trinajstić information content (AvgIpc) is 2.53. The van der Waals surface area contributed by atoms with Gasteiger partial charge in [-0.15, -0.1) is 0 Å². The number of methoxy groups -OCH3 is 2. The number of hydrogen-bond donors (Lipinski definition) is 2. The highest BCUT2D eigenvalue weighted by atomic mass is 16.5. The van der Waals surface area contributed by atoms with Gasteiger partial charge in [-0.3, -0.25) is 0 Å². The summed E-state index contributed by atoms with van der Waals surface area (Å²) in [5.41, 5.74) is 0. The maximum Gasteiger partial charge on any atom is 0.203 e. The number of nitrogens with one attached hydrogen (secondary N) is 1. The largest absolute Gasteiger partial charge is 0.493 e. The van der Waals surface area contributed by atoms with Gasteiger partial charge in [0, 0.05) is 0 Å². The maximum atomic E-state index is 10.2. The highest BCUT2D eigenvalue weighted by Gasteiger charge is 2.19. The number of aliphatic hydroxyl groups excluding tert-OH is 1. The SMILES string of the molecule is COc1cccc(OC)c1OCC(O)C[NH+]1CCCCC1. The number of aliphatic hydroxyl groups is 1. The Balaban J connectivity index is 1.89. The van der Waals surface area contributed by atoms with Gasteiger partial charge < -0.3 is 24.2 Å². The quantitative estimate of drug-likeness (QED) is 0.770. The van der Waals surface area contributed by atoms with Crippen LogP contribution < -0.4 is 19.1 Å². The van der Waals surface area contributed by atoms with Gasteiger partial charge >= 0.3 is 0 Å². The van der Waals surface area contributed by atoms with Crippen molar-refractivity contribution in [1.82, 2.24) is 0 Å². The summed E-state index contributed by atoms with van der Waals surface area (Å²) in [4.78, 5) is 1.46. The van der Waals surface area contributed by atoms with Crippen LogP contribution in [0.1, 0.15) is 19.3 Å². The first-order valence-corrected chi connectivity index (χ1v) is 7.60. The highest BCUT2D eigenvalue weighted by Crippen LogP contribution is 2.36. The van der Waals surface area contributed by atoms with Crippen molar-refractivity contribution < 1.29 is 24.2 Å². The highest BCUT2D eigenvalue weighted by molar-refractivity contribution is 5.51. The Morgan fingerprint density at radius 3 is 2.29 bits per heavy atom. The van der Waals surface area contributed by atoms with Crippen molar-refractivity contribution in [2.75, 3.05) is 40.5 Å². The lowest BCUT2D eigenvalue weighted by atomic mass is 10.1. The van der Waals surface area contributed by atoms with E-state index in [4.69, 9.17) is 14.2 Å². The fraction of sp³-hybridized carbons (Fsp3) is 0.625. The molecule has 1 fully saturated rings. The second-order valence-electron chi connectivity index (χ2n) is 5.47. The molecule has 5 nitrogen and oxygen atoms in total. The molecule has 118 valence electrons. The molecule has 0 spiro atoms. The van der Waals surface area contributed by atoms with Crippen molar-refractivity contribution in [2.45, 2.75) is 25.4 Å². The van der Waals surface area contributed by atoms with E-state index in [1.807, 2.05) is 18.2 Å². The fourth-order valence-electron chi connectivity index (χ4n) is 2.79. The van der Waals surface area contributed by atoms with Gasteiger partial charge in [-0.2, -0.15) is 0 Å². The van der Waals surface area contributed by atoms with Crippen molar-refractivity contribution in [2.24, 2.45) is 0 Å². The van der Waals surface area contributed by atoms with E-state index < -0.39 is 6.10 Å². The number of hydrogen-bond acceptors (Lipinski definition) is 4. The molecule has 0 amide bonds. The minimum atomic E-state index is -0.479. The zero-order valence-corrected chi connectivity index (χ0v) is 12.9. The van der Waals surface area contributed by atoms with Gasteiger partial charge in [-0.25, -0.2) is 0 Å². The molecule has 2 N–H and O–H groups in total. The number of piperidine rings is 1. The Bertz CT molecular complexity index is 410. The summed E-state index contributed by atoms with van der Waals surface area (Å²) in [7, 11) is 3.19. The lowest BCUT2D eigenvalue weighted by molar-refractivity contribution is -0.908. The van der Waals surface area contributed by atoms with Crippen molar-refractivity contribution in [1.29, 1.82) is 0 Å². The lowest BCUT2D eigenvalue weighted by Gasteiger charge is -2.25. The van der Waals surface area contributed by atoms with E-state index in [9.17, 15) is 5.11 Å². The Kier molecular flexibility index (Phi) is 6.14. The summed E-state index contributed by atoms with van der Waals surface area (Å²) >= 11 is 0. The molecular weight excluding hydrogens is 270 g/mol. The number of quaternary nitrogens is 1. The van der Waals surface area contributed by atoms with Crippen LogP contribution in [0.5, 0.6) is 17.2 Å². The van der Waals surface area contributed by atoms with Gasteiger partial charge in [0.2, 0.25) is 5.75 Å². The van der Waals surface area contributed by atoms with Gasteiger partial charge in [0.25, 0.3) is 0 Å².